The van der Waals surface area contributed by atoms with E-state index >= 15 is 0 Å². The molecule has 21 heavy (non-hydrogen) atoms. The number of hydrogen-bond donors (Lipinski definition) is 1. The SMILES string of the molecule is COc1cc(-c2oc3ccc(C=O)cc3c2C)ccc1O. The highest BCUT2D eigenvalue weighted by Crippen LogP contribution is 2.37. The van der Waals surface area contributed by atoms with Crippen LogP contribution in [0.2, 0.25) is 0 Å². The summed E-state index contributed by atoms with van der Waals surface area (Å²) in [7, 11) is 1.50. The summed E-state index contributed by atoms with van der Waals surface area (Å²) < 4.78 is 11.0. The van der Waals surface area contributed by atoms with Crippen LogP contribution in [0.25, 0.3) is 22.3 Å². The lowest BCUT2D eigenvalue weighted by Gasteiger charge is -2.05. The van der Waals surface area contributed by atoms with Crippen LogP contribution >= 0.6 is 0 Å². The Bertz CT molecular complexity index is 830. The predicted octanol–water partition coefficient (Wildman–Crippen LogP) is 3.93. The number of phenolic OH excluding ortho intramolecular Hbond substituents is 1. The highest BCUT2D eigenvalue weighted by atomic mass is 16.5. The van der Waals surface area contributed by atoms with Crippen molar-refractivity contribution < 1.29 is 19.1 Å². The van der Waals surface area contributed by atoms with Gasteiger partial charge in [0.25, 0.3) is 0 Å². The molecule has 0 aliphatic carbocycles. The minimum Gasteiger partial charge on any atom is -0.504 e. The van der Waals surface area contributed by atoms with Crippen molar-refractivity contribution in [2.45, 2.75) is 6.92 Å². The lowest BCUT2D eigenvalue weighted by molar-refractivity contribution is 0.112. The molecule has 0 saturated heterocycles. The molecular weight excluding hydrogens is 268 g/mol. The second kappa shape index (κ2) is 4.98. The summed E-state index contributed by atoms with van der Waals surface area (Å²) in [6.45, 7) is 1.94. The van der Waals surface area contributed by atoms with Gasteiger partial charge in [-0.2, -0.15) is 0 Å². The summed E-state index contributed by atoms with van der Waals surface area (Å²) in [5, 5.41) is 10.6. The zero-order valence-electron chi connectivity index (χ0n) is 11.7. The summed E-state index contributed by atoms with van der Waals surface area (Å²) in [4.78, 5) is 10.9. The minimum absolute atomic E-state index is 0.0817. The average Bonchev–Trinajstić information content (AvgIpc) is 2.84. The van der Waals surface area contributed by atoms with Gasteiger partial charge in [0.2, 0.25) is 0 Å². The van der Waals surface area contributed by atoms with Gasteiger partial charge in [0, 0.05) is 22.1 Å². The van der Waals surface area contributed by atoms with Crippen molar-refractivity contribution >= 4 is 17.3 Å². The zero-order chi connectivity index (χ0) is 15.0. The molecule has 0 fully saturated rings. The van der Waals surface area contributed by atoms with Gasteiger partial charge in [0.05, 0.1) is 7.11 Å². The zero-order valence-corrected chi connectivity index (χ0v) is 11.7. The van der Waals surface area contributed by atoms with Gasteiger partial charge in [-0.1, -0.05) is 0 Å². The fraction of sp³-hybridized carbons (Fsp3) is 0.118. The Hall–Kier alpha value is -2.75. The van der Waals surface area contributed by atoms with E-state index in [0.717, 1.165) is 28.4 Å². The van der Waals surface area contributed by atoms with Gasteiger partial charge in [-0.3, -0.25) is 4.79 Å². The molecule has 0 atom stereocenters. The molecule has 0 saturated carbocycles. The average molecular weight is 282 g/mol. The van der Waals surface area contributed by atoms with E-state index in [4.69, 9.17) is 9.15 Å². The number of aromatic hydroxyl groups is 1. The Morgan fingerprint density at radius 3 is 2.71 bits per heavy atom. The van der Waals surface area contributed by atoms with Gasteiger partial charge in [-0.15, -0.1) is 0 Å². The molecule has 4 nitrogen and oxygen atoms in total. The Balaban J connectivity index is 2.20. The monoisotopic (exact) mass is 282 g/mol. The number of fused-ring (bicyclic) bond motifs is 1. The van der Waals surface area contributed by atoms with Crippen LogP contribution in [0.15, 0.2) is 40.8 Å². The van der Waals surface area contributed by atoms with Gasteiger partial charge in [-0.25, -0.2) is 0 Å². The van der Waals surface area contributed by atoms with E-state index in [9.17, 15) is 9.90 Å². The van der Waals surface area contributed by atoms with Gasteiger partial charge in [0.1, 0.15) is 17.6 Å². The van der Waals surface area contributed by atoms with Crippen molar-refractivity contribution in [2.24, 2.45) is 0 Å². The topological polar surface area (TPSA) is 59.7 Å². The highest BCUT2D eigenvalue weighted by molar-refractivity contribution is 5.92. The number of hydrogen-bond acceptors (Lipinski definition) is 4. The molecule has 0 spiro atoms. The van der Waals surface area contributed by atoms with E-state index in [1.807, 2.05) is 13.0 Å². The third-order valence-corrected chi connectivity index (χ3v) is 3.54. The molecule has 2 aromatic carbocycles. The van der Waals surface area contributed by atoms with Gasteiger partial charge < -0.3 is 14.3 Å². The van der Waals surface area contributed by atoms with E-state index in [-0.39, 0.29) is 5.75 Å². The van der Waals surface area contributed by atoms with Crippen LogP contribution in [0.5, 0.6) is 11.5 Å². The lowest BCUT2D eigenvalue weighted by atomic mass is 10.1. The van der Waals surface area contributed by atoms with Crippen molar-refractivity contribution in [3.63, 3.8) is 0 Å². The molecule has 4 heteroatoms. The number of aldehydes is 1. The van der Waals surface area contributed by atoms with Crippen LogP contribution in [0.4, 0.5) is 0 Å². The highest BCUT2D eigenvalue weighted by Gasteiger charge is 2.14. The third-order valence-electron chi connectivity index (χ3n) is 3.54. The quantitative estimate of drug-likeness (QED) is 0.739. The van der Waals surface area contributed by atoms with Crippen LogP contribution < -0.4 is 4.74 Å². The third kappa shape index (κ3) is 2.14. The summed E-state index contributed by atoms with van der Waals surface area (Å²) in [6.07, 6.45) is 0.815. The van der Waals surface area contributed by atoms with Gasteiger partial charge in [-0.05, 0) is 43.3 Å². The van der Waals surface area contributed by atoms with E-state index < -0.39 is 0 Å². The molecule has 1 aromatic heterocycles. The fourth-order valence-corrected chi connectivity index (χ4v) is 2.41. The normalized spacial score (nSPS) is 10.8. The molecule has 3 aromatic rings. The fourth-order valence-electron chi connectivity index (χ4n) is 2.41. The van der Waals surface area contributed by atoms with Crippen LogP contribution in [0, 0.1) is 6.92 Å². The van der Waals surface area contributed by atoms with Crippen LogP contribution in [-0.4, -0.2) is 18.5 Å². The largest absolute Gasteiger partial charge is 0.504 e. The minimum atomic E-state index is 0.0817. The maximum atomic E-state index is 10.9. The molecule has 0 unspecified atom stereocenters. The first-order chi connectivity index (χ1) is 10.1. The molecule has 106 valence electrons. The molecule has 0 amide bonds. The van der Waals surface area contributed by atoms with Crippen LogP contribution in [0.3, 0.4) is 0 Å². The van der Waals surface area contributed by atoms with Gasteiger partial charge >= 0.3 is 0 Å². The van der Waals surface area contributed by atoms with Crippen molar-refractivity contribution in [3.05, 3.63) is 47.5 Å². The number of furan rings is 1. The summed E-state index contributed by atoms with van der Waals surface area (Å²) in [6, 6.07) is 10.4. The molecular formula is C17H14O4. The summed E-state index contributed by atoms with van der Waals surface area (Å²) in [5.41, 5.74) is 3.09. The maximum Gasteiger partial charge on any atom is 0.161 e. The molecule has 0 aliphatic rings. The number of methoxy groups -OCH3 is 1. The van der Waals surface area contributed by atoms with E-state index in [1.165, 1.54) is 7.11 Å². The molecule has 3 rings (SSSR count). The Labute approximate surface area is 121 Å². The van der Waals surface area contributed by atoms with E-state index in [2.05, 4.69) is 0 Å². The van der Waals surface area contributed by atoms with Crippen LogP contribution in [-0.2, 0) is 0 Å². The number of benzene rings is 2. The number of carbonyl (C=O) groups is 1. The smallest absolute Gasteiger partial charge is 0.161 e. The standard InChI is InChI=1S/C17H14O4/c1-10-13-7-11(9-18)3-6-15(13)21-17(10)12-4-5-14(19)16(8-12)20-2/h3-9,19H,1-2H3. The molecule has 1 heterocycles. The number of carbonyl (C=O) groups excluding carboxylic acids is 1. The van der Waals surface area contributed by atoms with Crippen LogP contribution in [0.1, 0.15) is 15.9 Å². The Morgan fingerprint density at radius 2 is 2.00 bits per heavy atom. The lowest BCUT2D eigenvalue weighted by Crippen LogP contribution is -1.85. The van der Waals surface area contributed by atoms with Crippen molar-refractivity contribution in [2.75, 3.05) is 7.11 Å². The predicted molar refractivity (Wildman–Crippen MR) is 80.0 cm³/mol. The number of aryl methyl sites for hydroxylation is 1. The molecule has 0 bridgehead atoms. The second-order valence-corrected chi connectivity index (χ2v) is 4.82. The number of rotatable bonds is 3. The van der Waals surface area contributed by atoms with E-state index in [0.29, 0.717) is 17.1 Å². The first-order valence-corrected chi connectivity index (χ1v) is 6.49. The first-order valence-electron chi connectivity index (χ1n) is 6.49. The van der Waals surface area contributed by atoms with Crippen molar-refractivity contribution in [1.82, 2.24) is 0 Å². The van der Waals surface area contributed by atoms with Crippen molar-refractivity contribution in [1.29, 1.82) is 0 Å². The molecule has 0 aliphatic heterocycles. The second-order valence-electron chi connectivity index (χ2n) is 4.82. The number of phenols is 1. The number of ether oxygens (including phenoxy) is 1. The summed E-state index contributed by atoms with van der Waals surface area (Å²) in [5.74, 6) is 1.17. The Kier molecular flexibility index (Phi) is 3.14. The molecule has 0 radical (unpaired) electrons. The maximum absolute atomic E-state index is 10.9. The first kappa shape index (κ1) is 13.2. The summed E-state index contributed by atoms with van der Waals surface area (Å²) >= 11 is 0. The van der Waals surface area contributed by atoms with E-state index in [1.54, 1.807) is 30.3 Å². The van der Waals surface area contributed by atoms with Crippen molar-refractivity contribution in [3.8, 4) is 22.8 Å². The van der Waals surface area contributed by atoms with Gasteiger partial charge in [0.15, 0.2) is 11.5 Å². The molecule has 1 N–H and O–H groups in total. The Morgan fingerprint density at radius 1 is 1.19 bits per heavy atom.